The standard InChI is InChI=1S/C15H25NO4/c1-6-8-9-11-19-14(17)13(12(3)4)16(5)15(18)20-10-7-2/h2,12-13H,6,8-11H2,1,3-5H3. The number of nitrogens with zero attached hydrogens (tertiary/aromatic N) is 1. The molecule has 5 heteroatoms. The number of esters is 1. The first-order valence-corrected chi connectivity index (χ1v) is 6.95. The van der Waals surface area contributed by atoms with Crippen molar-refractivity contribution in [1.82, 2.24) is 4.90 Å². The molecule has 0 radical (unpaired) electrons. The minimum atomic E-state index is -0.665. The first-order valence-electron chi connectivity index (χ1n) is 6.95. The second-order valence-corrected chi connectivity index (χ2v) is 4.93. The van der Waals surface area contributed by atoms with Gasteiger partial charge in [0.2, 0.25) is 0 Å². The Hall–Kier alpha value is -1.70. The molecule has 1 atom stereocenters. The third-order valence-corrected chi connectivity index (χ3v) is 2.85. The summed E-state index contributed by atoms with van der Waals surface area (Å²) in [4.78, 5) is 25.0. The van der Waals surface area contributed by atoms with E-state index in [4.69, 9.17) is 15.9 Å². The number of hydrogen-bond donors (Lipinski definition) is 0. The Kier molecular flexibility index (Phi) is 9.27. The predicted molar refractivity (Wildman–Crippen MR) is 77.1 cm³/mol. The minimum Gasteiger partial charge on any atom is -0.464 e. The lowest BCUT2D eigenvalue weighted by atomic mass is 10.0. The largest absolute Gasteiger partial charge is 0.464 e. The van der Waals surface area contributed by atoms with Gasteiger partial charge in [-0.1, -0.05) is 39.5 Å². The minimum absolute atomic E-state index is 0.0722. The van der Waals surface area contributed by atoms with Crippen LogP contribution in [0.5, 0.6) is 0 Å². The summed E-state index contributed by atoms with van der Waals surface area (Å²) in [5.74, 6) is 1.73. The fraction of sp³-hybridized carbons (Fsp3) is 0.733. The van der Waals surface area contributed by atoms with Gasteiger partial charge < -0.3 is 9.47 Å². The van der Waals surface area contributed by atoms with Gasteiger partial charge in [0.25, 0.3) is 0 Å². The van der Waals surface area contributed by atoms with Crippen LogP contribution in [0.4, 0.5) is 4.79 Å². The van der Waals surface area contributed by atoms with Crippen molar-refractivity contribution in [2.45, 2.75) is 46.1 Å². The summed E-state index contributed by atoms with van der Waals surface area (Å²) in [6.45, 7) is 6.04. The molecule has 0 saturated carbocycles. The van der Waals surface area contributed by atoms with Crippen molar-refractivity contribution in [1.29, 1.82) is 0 Å². The van der Waals surface area contributed by atoms with Crippen molar-refractivity contribution in [2.24, 2.45) is 5.92 Å². The average Bonchev–Trinajstić information content (AvgIpc) is 2.40. The highest BCUT2D eigenvalue weighted by atomic mass is 16.6. The molecule has 0 aromatic rings. The monoisotopic (exact) mass is 283 g/mol. The zero-order valence-corrected chi connectivity index (χ0v) is 12.8. The van der Waals surface area contributed by atoms with Crippen LogP contribution in [-0.4, -0.2) is 43.3 Å². The normalized spacial score (nSPS) is 11.6. The number of hydrogen-bond acceptors (Lipinski definition) is 4. The van der Waals surface area contributed by atoms with Crippen LogP contribution >= 0.6 is 0 Å². The number of carbonyl (C=O) groups is 2. The van der Waals surface area contributed by atoms with Crippen molar-refractivity contribution in [3.05, 3.63) is 0 Å². The van der Waals surface area contributed by atoms with Gasteiger partial charge in [0, 0.05) is 7.05 Å². The lowest BCUT2D eigenvalue weighted by molar-refractivity contribution is -0.150. The van der Waals surface area contributed by atoms with Crippen LogP contribution in [0.1, 0.15) is 40.0 Å². The van der Waals surface area contributed by atoms with E-state index < -0.39 is 18.1 Å². The second-order valence-electron chi connectivity index (χ2n) is 4.93. The van der Waals surface area contributed by atoms with Crippen LogP contribution in [0.25, 0.3) is 0 Å². The van der Waals surface area contributed by atoms with E-state index >= 15 is 0 Å². The zero-order chi connectivity index (χ0) is 15.5. The lowest BCUT2D eigenvalue weighted by Gasteiger charge is -2.28. The summed E-state index contributed by atoms with van der Waals surface area (Å²) in [6.07, 6.45) is 7.32. The smallest absolute Gasteiger partial charge is 0.411 e. The van der Waals surface area contributed by atoms with Crippen LogP contribution in [0.15, 0.2) is 0 Å². The van der Waals surface area contributed by atoms with E-state index in [1.54, 1.807) is 0 Å². The maximum Gasteiger partial charge on any atom is 0.411 e. The van der Waals surface area contributed by atoms with E-state index in [0.717, 1.165) is 19.3 Å². The SMILES string of the molecule is C#CCOC(=O)N(C)C(C(=O)OCCCCC)C(C)C. The van der Waals surface area contributed by atoms with Crippen molar-refractivity contribution in [2.75, 3.05) is 20.3 Å². The molecule has 0 N–H and O–H groups in total. The summed E-state index contributed by atoms with van der Waals surface area (Å²) in [5, 5.41) is 0. The van der Waals surface area contributed by atoms with E-state index in [1.165, 1.54) is 11.9 Å². The summed E-state index contributed by atoms with van der Waals surface area (Å²) in [5.41, 5.74) is 0. The Labute approximate surface area is 121 Å². The van der Waals surface area contributed by atoms with Gasteiger partial charge in [-0.25, -0.2) is 9.59 Å². The summed E-state index contributed by atoms with van der Waals surface area (Å²) in [7, 11) is 1.51. The molecule has 20 heavy (non-hydrogen) atoms. The number of carbonyl (C=O) groups excluding carboxylic acids is 2. The molecule has 1 amide bonds. The van der Waals surface area contributed by atoms with Crippen molar-refractivity contribution >= 4 is 12.1 Å². The molecule has 0 aromatic carbocycles. The maximum atomic E-state index is 12.1. The number of ether oxygens (including phenoxy) is 2. The molecule has 5 nitrogen and oxygen atoms in total. The molecule has 114 valence electrons. The van der Waals surface area contributed by atoms with Gasteiger partial charge in [0.05, 0.1) is 6.61 Å². The van der Waals surface area contributed by atoms with Crippen LogP contribution in [0.3, 0.4) is 0 Å². The van der Waals surface area contributed by atoms with Crippen LogP contribution < -0.4 is 0 Å². The summed E-state index contributed by atoms with van der Waals surface area (Å²) < 4.78 is 10.0. The summed E-state index contributed by atoms with van der Waals surface area (Å²) >= 11 is 0. The third kappa shape index (κ3) is 6.46. The van der Waals surface area contributed by atoms with Crippen molar-refractivity contribution in [3.63, 3.8) is 0 Å². The van der Waals surface area contributed by atoms with Crippen LogP contribution in [-0.2, 0) is 14.3 Å². The molecule has 0 heterocycles. The third-order valence-electron chi connectivity index (χ3n) is 2.85. The second kappa shape index (κ2) is 10.1. The number of amides is 1. The maximum absolute atomic E-state index is 12.1. The Bertz CT molecular complexity index is 346. The number of terminal acetylenes is 1. The molecule has 0 bridgehead atoms. The molecule has 0 rings (SSSR count). The molecule has 0 aromatic heterocycles. The van der Waals surface area contributed by atoms with Gasteiger partial charge >= 0.3 is 12.1 Å². The highest BCUT2D eigenvalue weighted by molar-refractivity contribution is 5.81. The first-order chi connectivity index (χ1) is 9.45. The van der Waals surface area contributed by atoms with Gasteiger partial charge in [0.15, 0.2) is 6.61 Å². The number of rotatable bonds is 8. The zero-order valence-electron chi connectivity index (χ0n) is 12.8. The van der Waals surface area contributed by atoms with Crippen LogP contribution in [0.2, 0.25) is 0 Å². The van der Waals surface area contributed by atoms with Crippen molar-refractivity contribution in [3.8, 4) is 12.3 Å². The molecular formula is C15H25NO4. The van der Waals surface area contributed by atoms with Crippen molar-refractivity contribution < 1.29 is 19.1 Å². The van der Waals surface area contributed by atoms with Gasteiger partial charge in [0.1, 0.15) is 6.04 Å². The lowest BCUT2D eigenvalue weighted by Crippen LogP contribution is -2.46. The van der Waals surface area contributed by atoms with E-state index in [-0.39, 0.29) is 12.5 Å². The topological polar surface area (TPSA) is 55.8 Å². The Morgan fingerprint density at radius 2 is 1.90 bits per heavy atom. The molecule has 0 saturated heterocycles. The molecule has 0 aliphatic carbocycles. The predicted octanol–water partition coefficient (Wildman–Crippen LogP) is 2.45. The van der Waals surface area contributed by atoms with E-state index in [9.17, 15) is 9.59 Å². The van der Waals surface area contributed by atoms with E-state index in [2.05, 4.69) is 12.8 Å². The van der Waals surface area contributed by atoms with E-state index in [1.807, 2.05) is 13.8 Å². The number of likely N-dealkylation sites (N-methyl/N-ethyl adjacent to an activating group) is 1. The molecule has 0 spiro atoms. The molecular weight excluding hydrogens is 258 g/mol. The first kappa shape index (κ1) is 18.3. The van der Waals surface area contributed by atoms with Gasteiger partial charge in [-0.05, 0) is 12.3 Å². The Balaban J connectivity index is 4.50. The quantitative estimate of drug-likeness (QED) is 0.390. The molecule has 0 aliphatic heterocycles. The highest BCUT2D eigenvalue weighted by Gasteiger charge is 2.31. The molecule has 1 unspecified atom stereocenters. The fourth-order valence-electron chi connectivity index (χ4n) is 1.81. The number of unbranched alkanes of at least 4 members (excludes halogenated alkanes) is 2. The summed E-state index contributed by atoms with van der Waals surface area (Å²) in [6, 6.07) is -0.665. The van der Waals surface area contributed by atoms with Gasteiger partial charge in [-0.2, -0.15) is 0 Å². The van der Waals surface area contributed by atoms with E-state index in [0.29, 0.717) is 6.61 Å². The molecule has 0 fully saturated rings. The van der Waals surface area contributed by atoms with Gasteiger partial charge in [-0.3, -0.25) is 4.90 Å². The average molecular weight is 283 g/mol. The van der Waals surface area contributed by atoms with Crippen LogP contribution in [0, 0.1) is 18.3 Å². The fourth-order valence-corrected chi connectivity index (χ4v) is 1.81. The van der Waals surface area contributed by atoms with Gasteiger partial charge in [-0.15, -0.1) is 6.42 Å². The Morgan fingerprint density at radius 1 is 1.25 bits per heavy atom. The highest BCUT2D eigenvalue weighted by Crippen LogP contribution is 2.13. The molecule has 0 aliphatic rings. The Morgan fingerprint density at radius 3 is 2.40 bits per heavy atom.